The minimum absolute atomic E-state index is 0.0792. The van der Waals surface area contributed by atoms with Gasteiger partial charge in [0.2, 0.25) is 0 Å². The van der Waals surface area contributed by atoms with E-state index in [0.717, 1.165) is 10.0 Å². The Hall–Kier alpha value is -1.32. The minimum atomic E-state index is -0.165. The highest BCUT2D eigenvalue weighted by Gasteiger charge is 2.22. The normalized spacial score (nSPS) is 11.2. The summed E-state index contributed by atoms with van der Waals surface area (Å²) in [6.07, 6.45) is 0. The van der Waals surface area contributed by atoms with Crippen LogP contribution in [0.15, 0.2) is 53.0 Å². The summed E-state index contributed by atoms with van der Waals surface area (Å²) in [5, 5.41) is 3.71. The van der Waals surface area contributed by atoms with Crippen LogP contribution in [0.1, 0.15) is 29.8 Å². The number of carbonyl (C=O) groups excluding carboxylic acids is 1. The Morgan fingerprint density at radius 1 is 1.14 bits per heavy atom. The van der Waals surface area contributed by atoms with Gasteiger partial charge in [0.1, 0.15) is 0 Å². The Labute approximate surface area is 138 Å². The molecule has 0 atom stereocenters. The van der Waals surface area contributed by atoms with Crippen LogP contribution in [-0.4, -0.2) is 12.5 Å². The maximum Gasteiger partial charge on any atom is 0.252 e. The fraction of sp³-hybridized carbons (Fsp3) is 0.235. The molecule has 4 heteroatoms. The zero-order chi connectivity index (χ0) is 15.5. The first-order valence-corrected chi connectivity index (χ1v) is 7.86. The lowest BCUT2D eigenvalue weighted by Gasteiger charge is -2.26. The molecule has 2 nitrogen and oxygen atoms in total. The zero-order valence-electron chi connectivity index (χ0n) is 12.0. The van der Waals surface area contributed by atoms with Gasteiger partial charge in [-0.25, -0.2) is 0 Å². The lowest BCUT2D eigenvalue weighted by molar-refractivity contribution is 0.0945. The fourth-order valence-corrected chi connectivity index (χ4v) is 2.64. The van der Waals surface area contributed by atoms with E-state index in [2.05, 4.69) is 35.1 Å². The predicted molar refractivity (Wildman–Crippen MR) is 91.0 cm³/mol. The van der Waals surface area contributed by atoms with Crippen LogP contribution in [0.4, 0.5) is 0 Å². The molecule has 0 aliphatic carbocycles. The van der Waals surface area contributed by atoms with Gasteiger partial charge in [-0.15, -0.1) is 0 Å². The van der Waals surface area contributed by atoms with Gasteiger partial charge in [-0.3, -0.25) is 4.79 Å². The average molecular weight is 367 g/mol. The van der Waals surface area contributed by atoms with Crippen molar-refractivity contribution in [1.82, 2.24) is 5.32 Å². The van der Waals surface area contributed by atoms with Crippen LogP contribution in [0.2, 0.25) is 5.02 Å². The van der Waals surface area contributed by atoms with Crippen molar-refractivity contribution in [3.63, 3.8) is 0 Å². The van der Waals surface area contributed by atoms with Crippen LogP contribution in [0.3, 0.4) is 0 Å². The van der Waals surface area contributed by atoms with Crippen LogP contribution in [-0.2, 0) is 5.41 Å². The largest absolute Gasteiger partial charge is 0.351 e. The quantitative estimate of drug-likeness (QED) is 0.826. The number of halogens is 2. The van der Waals surface area contributed by atoms with E-state index in [1.807, 2.05) is 42.5 Å². The maximum atomic E-state index is 12.2. The summed E-state index contributed by atoms with van der Waals surface area (Å²) in [4.78, 5) is 12.2. The van der Waals surface area contributed by atoms with Crippen LogP contribution in [0.25, 0.3) is 0 Å². The second-order valence-corrected chi connectivity index (χ2v) is 6.84. The van der Waals surface area contributed by atoms with Crippen molar-refractivity contribution < 1.29 is 4.79 Å². The predicted octanol–water partition coefficient (Wildman–Crippen LogP) is 4.81. The Kier molecular flexibility index (Phi) is 5.07. The molecule has 0 fully saturated rings. The molecule has 110 valence electrons. The Morgan fingerprint density at radius 3 is 2.38 bits per heavy atom. The molecule has 0 saturated heterocycles. The van der Waals surface area contributed by atoms with E-state index in [1.165, 1.54) is 0 Å². The van der Waals surface area contributed by atoms with Crippen molar-refractivity contribution in [3.05, 3.63) is 69.2 Å². The SMILES string of the molecule is CC(C)(CNC(=O)c1ccccc1Br)c1ccc(Cl)cc1. The van der Waals surface area contributed by atoms with Crippen LogP contribution in [0, 0.1) is 0 Å². The fourth-order valence-electron chi connectivity index (χ4n) is 2.04. The van der Waals surface area contributed by atoms with Crippen molar-refractivity contribution in [2.45, 2.75) is 19.3 Å². The number of hydrogen-bond donors (Lipinski definition) is 1. The average Bonchev–Trinajstić information content (AvgIpc) is 2.46. The molecule has 0 bridgehead atoms. The molecule has 0 aliphatic heterocycles. The summed E-state index contributed by atoms with van der Waals surface area (Å²) in [5.74, 6) is -0.0792. The summed E-state index contributed by atoms with van der Waals surface area (Å²) in [6, 6.07) is 15.1. The second kappa shape index (κ2) is 6.63. The first-order chi connectivity index (χ1) is 9.90. The second-order valence-electron chi connectivity index (χ2n) is 5.55. The molecule has 1 N–H and O–H groups in total. The van der Waals surface area contributed by atoms with Gasteiger partial charge in [0.25, 0.3) is 5.91 Å². The molecule has 1 amide bonds. The lowest BCUT2D eigenvalue weighted by atomic mass is 9.84. The molecule has 0 spiro atoms. The number of amides is 1. The molecular weight excluding hydrogens is 350 g/mol. The molecule has 2 aromatic carbocycles. The summed E-state index contributed by atoms with van der Waals surface area (Å²) in [5.41, 5.74) is 1.62. The van der Waals surface area contributed by atoms with E-state index in [4.69, 9.17) is 11.6 Å². The van der Waals surface area contributed by atoms with Crippen molar-refractivity contribution in [2.75, 3.05) is 6.54 Å². The van der Waals surface area contributed by atoms with Gasteiger partial charge in [0.05, 0.1) is 5.56 Å². The molecule has 21 heavy (non-hydrogen) atoms. The van der Waals surface area contributed by atoms with Crippen LogP contribution >= 0.6 is 27.5 Å². The molecule has 0 heterocycles. The topological polar surface area (TPSA) is 29.1 Å². The van der Waals surface area contributed by atoms with Crippen molar-refractivity contribution >= 4 is 33.4 Å². The Morgan fingerprint density at radius 2 is 1.76 bits per heavy atom. The number of nitrogens with one attached hydrogen (secondary N) is 1. The third kappa shape index (κ3) is 4.08. The summed E-state index contributed by atoms with van der Waals surface area (Å²) < 4.78 is 0.798. The van der Waals surface area contributed by atoms with E-state index in [0.29, 0.717) is 17.1 Å². The van der Waals surface area contributed by atoms with Crippen molar-refractivity contribution in [3.8, 4) is 0 Å². The molecule has 0 radical (unpaired) electrons. The highest BCUT2D eigenvalue weighted by atomic mass is 79.9. The van der Waals surface area contributed by atoms with E-state index >= 15 is 0 Å². The van der Waals surface area contributed by atoms with Crippen molar-refractivity contribution in [1.29, 1.82) is 0 Å². The van der Waals surface area contributed by atoms with Gasteiger partial charge >= 0.3 is 0 Å². The van der Waals surface area contributed by atoms with E-state index < -0.39 is 0 Å². The van der Waals surface area contributed by atoms with E-state index in [-0.39, 0.29) is 11.3 Å². The van der Waals surface area contributed by atoms with E-state index in [1.54, 1.807) is 6.07 Å². The Bertz CT molecular complexity index is 637. The van der Waals surface area contributed by atoms with Gasteiger partial charge in [-0.2, -0.15) is 0 Å². The summed E-state index contributed by atoms with van der Waals surface area (Å²) in [7, 11) is 0. The smallest absolute Gasteiger partial charge is 0.252 e. The van der Waals surface area contributed by atoms with Gasteiger partial charge in [0.15, 0.2) is 0 Å². The van der Waals surface area contributed by atoms with E-state index in [9.17, 15) is 4.79 Å². The van der Waals surface area contributed by atoms with Gasteiger partial charge in [-0.1, -0.05) is 49.7 Å². The monoisotopic (exact) mass is 365 g/mol. The number of carbonyl (C=O) groups is 1. The number of benzene rings is 2. The highest BCUT2D eigenvalue weighted by Crippen LogP contribution is 2.24. The molecule has 0 unspecified atom stereocenters. The summed E-state index contributed by atoms with van der Waals surface area (Å²) in [6.45, 7) is 4.74. The standard InChI is InChI=1S/C17H17BrClNO/c1-17(2,12-7-9-13(19)10-8-12)11-20-16(21)14-5-3-4-6-15(14)18/h3-10H,11H2,1-2H3,(H,20,21). The first kappa shape index (κ1) is 16.1. The Balaban J connectivity index is 2.06. The van der Waals surface area contributed by atoms with Gasteiger partial charge < -0.3 is 5.32 Å². The van der Waals surface area contributed by atoms with Crippen LogP contribution < -0.4 is 5.32 Å². The number of rotatable bonds is 4. The molecule has 2 aromatic rings. The van der Waals surface area contributed by atoms with Crippen LogP contribution in [0.5, 0.6) is 0 Å². The van der Waals surface area contributed by atoms with Gasteiger partial charge in [0, 0.05) is 21.5 Å². The minimum Gasteiger partial charge on any atom is -0.351 e. The van der Waals surface area contributed by atoms with Crippen molar-refractivity contribution in [2.24, 2.45) is 0 Å². The first-order valence-electron chi connectivity index (χ1n) is 6.69. The molecular formula is C17H17BrClNO. The molecule has 0 aliphatic rings. The summed E-state index contributed by atoms with van der Waals surface area (Å²) >= 11 is 9.31. The third-order valence-electron chi connectivity index (χ3n) is 3.44. The molecule has 0 aromatic heterocycles. The van der Waals surface area contributed by atoms with Gasteiger partial charge in [-0.05, 0) is 45.8 Å². The highest BCUT2D eigenvalue weighted by molar-refractivity contribution is 9.10. The maximum absolute atomic E-state index is 12.2. The lowest BCUT2D eigenvalue weighted by Crippen LogP contribution is -2.36. The third-order valence-corrected chi connectivity index (χ3v) is 4.38. The zero-order valence-corrected chi connectivity index (χ0v) is 14.3. The molecule has 2 rings (SSSR count). The number of hydrogen-bond acceptors (Lipinski definition) is 1. The molecule has 0 saturated carbocycles.